The number of aryl methyl sites for hydroxylation is 2. The first-order valence-electron chi connectivity index (χ1n) is 8.51. The van der Waals surface area contributed by atoms with Crippen molar-refractivity contribution in [2.45, 2.75) is 32.7 Å². The molecule has 3 rings (SSSR count). The lowest BCUT2D eigenvalue weighted by Crippen LogP contribution is -2.31. The molecule has 1 aliphatic heterocycles. The molecule has 1 aromatic carbocycles. The highest BCUT2D eigenvalue weighted by Crippen LogP contribution is 2.37. The average molecular weight is 354 g/mol. The second-order valence-corrected chi connectivity index (χ2v) is 6.43. The third-order valence-electron chi connectivity index (χ3n) is 4.71. The molecule has 2 heterocycles. The Bertz CT molecular complexity index is 852. The number of rotatable bonds is 4. The molecular formula is C19H22N4O3. The molecule has 26 heavy (non-hydrogen) atoms. The summed E-state index contributed by atoms with van der Waals surface area (Å²) >= 11 is 0. The van der Waals surface area contributed by atoms with Gasteiger partial charge in [-0.05, 0) is 51.0 Å². The molecule has 1 fully saturated rings. The maximum Gasteiger partial charge on any atom is 0.258 e. The number of amides is 2. The van der Waals surface area contributed by atoms with Crippen molar-refractivity contribution in [1.82, 2.24) is 15.1 Å². The molecule has 0 saturated carbocycles. The van der Waals surface area contributed by atoms with E-state index >= 15 is 0 Å². The van der Waals surface area contributed by atoms with Gasteiger partial charge >= 0.3 is 0 Å². The molecule has 1 saturated heterocycles. The smallest absolute Gasteiger partial charge is 0.258 e. The number of anilines is 1. The standard InChI is InChI=1S/C19H22N4O3/c1-4-17(25)20-13-7-8-16(24)14(10-13)19(26)23-9-5-6-15(23)18-11(2)21-22-12(18)3/h4,7-8,10,15,24H,1,5-6,9H2,2-3H3,(H,20,25)(H,21,22). The lowest BCUT2D eigenvalue weighted by molar-refractivity contribution is -0.111. The van der Waals surface area contributed by atoms with Gasteiger partial charge in [-0.1, -0.05) is 6.58 Å². The van der Waals surface area contributed by atoms with Crippen molar-refractivity contribution in [3.63, 3.8) is 0 Å². The number of aromatic amines is 1. The number of nitrogens with zero attached hydrogens (tertiary/aromatic N) is 2. The van der Waals surface area contributed by atoms with Crippen LogP contribution in [-0.4, -0.2) is 38.6 Å². The predicted molar refractivity (Wildman–Crippen MR) is 98.0 cm³/mol. The third kappa shape index (κ3) is 3.20. The normalized spacial score (nSPS) is 16.5. The molecular weight excluding hydrogens is 332 g/mol. The Balaban J connectivity index is 1.92. The van der Waals surface area contributed by atoms with Crippen LogP contribution in [0, 0.1) is 13.8 Å². The summed E-state index contributed by atoms with van der Waals surface area (Å²) in [5, 5.41) is 20.0. The van der Waals surface area contributed by atoms with Crippen LogP contribution in [0.4, 0.5) is 5.69 Å². The number of nitrogens with one attached hydrogen (secondary N) is 2. The number of H-pyrrole nitrogens is 1. The lowest BCUT2D eigenvalue weighted by Gasteiger charge is -2.26. The number of likely N-dealkylation sites (tertiary alicyclic amines) is 1. The van der Waals surface area contributed by atoms with Gasteiger partial charge in [0, 0.05) is 23.5 Å². The van der Waals surface area contributed by atoms with Crippen LogP contribution < -0.4 is 5.32 Å². The maximum absolute atomic E-state index is 13.1. The largest absolute Gasteiger partial charge is 0.507 e. The molecule has 0 radical (unpaired) electrons. The van der Waals surface area contributed by atoms with E-state index in [9.17, 15) is 14.7 Å². The molecule has 1 atom stereocenters. The molecule has 1 unspecified atom stereocenters. The topological polar surface area (TPSA) is 98.3 Å². The monoisotopic (exact) mass is 354 g/mol. The summed E-state index contributed by atoms with van der Waals surface area (Å²) < 4.78 is 0. The number of aromatic nitrogens is 2. The highest BCUT2D eigenvalue weighted by atomic mass is 16.3. The Morgan fingerprint density at radius 3 is 2.85 bits per heavy atom. The molecule has 0 spiro atoms. The number of hydrogen-bond donors (Lipinski definition) is 3. The van der Waals surface area contributed by atoms with Crippen LogP contribution in [0.2, 0.25) is 0 Å². The second-order valence-electron chi connectivity index (χ2n) is 6.43. The maximum atomic E-state index is 13.1. The van der Waals surface area contributed by atoms with Crippen LogP contribution in [0.3, 0.4) is 0 Å². The van der Waals surface area contributed by atoms with Crippen LogP contribution in [0.15, 0.2) is 30.9 Å². The van der Waals surface area contributed by atoms with E-state index in [1.54, 1.807) is 11.0 Å². The van der Waals surface area contributed by atoms with Crippen LogP contribution in [0.1, 0.15) is 46.2 Å². The molecule has 7 nitrogen and oxygen atoms in total. The van der Waals surface area contributed by atoms with Gasteiger partial charge in [0.15, 0.2) is 0 Å². The Kier molecular flexibility index (Phi) is 4.79. The Morgan fingerprint density at radius 2 is 2.19 bits per heavy atom. The Hall–Kier alpha value is -3.09. The first-order valence-corrected chi connectivity index (χ1v) is 8.51. The molecule has 136 valence electrons. The summed E-state index contributed by atoms with van der Waals surface area (Å²) in [6.07, 6.45) is 2.88. The molecule has 1 aliphatic rings. The fourth-order valence-corrected chi connectivity index (χ4v) is 3.49. The Morgan fingerprint density at radius 1 is 1.42 bits per heavy atom. The lowest BCUT2D eigenvalue weighted by atomic mass is 10.0. The highest BCUT2D eigenvalue weighted by molar-refractivity contribution is 6.02. The predicted octanol–water partition coefficient (Wildman–Crippen LogP) is 2.83. The third-order valence-corrected chi connectivity index (χ3v) is 4.71. The zero-order valence-electron chi connectivity index (χ0n) is 14.9. The zero-order chi connectivity index (χ0) is 18.8. The van der Waals surface area contributed by atoms with Gasteiger partial charge in [0.1, 0.15) is 5.75 Å². The van der Waals surface area contributed by atoms with Crippen molar-refractivity contribution in [2.24, 2.45) is 0 Å². The van der Waals surface area contributed by atoms with Gasteiger partial charge in [0.05, 0.1) is 17.3 Å². The number of phenolic OH excluding ortho intramolecular Hbond substituents is 1. The van der Waals surface area contributed by atoms with E-state index in [1.165, 1.54) is 12.1 Å². The number of aromatic hydroxyl groups is 1. The summed E-state index contributed by atoms with van der Waals surface area (Å²) in [6.45, 7) is 7.87. The van der Waals surface area contributed by atoms with Crippen LogP contribution >= 0.6 is 0 Å². The van der Waals surface area contributed by atoms with E-state index in [-0.39, 0.29) is 29.2 Å². The van der Waals surface area contributed by atoms with Gasteiger partial charge in [-0.3, -0.25) is 14.7 Å². The van der Waals surface area contributed by atoms with Crippen molar-refractivity contribution in [3.8, 4) is 5.75 Å². The van der Waals surface area contributed by atoms with Gasteiger partial charge < -0.3 is 15.3 Å². The minimum absolute atomic E-state index is 0.0768. The number of phenols is 1. The molecule has 2 amide bonds. The summed E-state index contributed by atoms with van der Waals surface area (Å²) in [6, 6.07) is 4.36. The second kappa shape index (κ2) is 7.03. The number of carbonyl (C=O) groups is 2. The molecule has 0 bridgehead atoms. The number of carbonyl (C=O) groups excluding carboxylic acids is 2. The van der Waals surface area contributed by atoms with Gasteiger partial charge in [0.25, 0.3) is 5.91 Å². The van der Waals surface area contributed by atoms with Crippen molar-refractivity contribution in [1.29, 1.82) is 0 Å². The average Bonchev–Trinajstić information content (AvgIpc) is 3.22. The Labute approximate surface area is 151 Å². The summed E-state index contributed by atoms with van der Waals surface area (Å²) in [5.41, 5.74) is 3.46. The molecule has 3 N–H and O–H groups in total. The van der Waals surface area contributed by atoms with Crippen molar-refractivity contribution >= 4 is 17.5 Å². The van der Waals surface area contributed by atoms with Crippen molar-refractivity contribution < 1.29 is 14.7 Å². The van der Waals surface area contributed by atoms with Gasteiger partial charge in [-0.25, -0.2) is 0 Å². The summed E-state index contributed by atoms with van der Waals surface area (Å²) in [7, 11) is 0. The van der Waals surface area contributed by atoms with Crippen LogP contribution in [-0.2, 0) is 4.79 Å². The summed E-state index contributed by atoms with van der Waals surface area (Å²) in [4.78, 5) is 26.4. The van der Waals surface area contributed by atoms with Crippen LogP contribution in [0.25, 0.3) is 0 Å². The van der Waals surface area contributed by atoms with E-state index in [0.717, 1.165) is 35.9 Å². The van der Waals surface area contributed by atoms with E-state index in [0.29, 0.717) is 12.2 Å². The first kappa shape index (κ1) is 17.7. The van der Waals surface area contributed by atoms with Crippen LogP contribution in [0.5, 0.6) is 5.75 Å². The van der Waals surface area contributed by atoms with Crippen molar-refractivity contribution in [3.05, 3.63) is 53.4 Å². The minimum Gasteiger partial charge on any atom is -0.507 e. The van der Waals surface area contributed by atoms with Gasteiger partial charge in [-0.2, -0.15) is 5.10 Å². The van der Waals surface area contributed by atoms with Gasteiger partial charge in [0.2, 0.25) is 5.91 Å². The van der Waals surface area contributed by atoms with E-state index in [4.69, 9.17) is 0 Å². The molecule has 2 aromatic rings. The van der Waals surface area contributed by atoms with E-state index < -0.39 is 0 Å². The molecule has 0 aliphatic carbocycles. The number of hydrogen-bond acceptors (Lipinski definition) is 4. The fourth-order valence-electron chi connectivity index (χ4n) is 3.49. The first-order chi connectivity index (χ1) is 12.4. The minimum atomic E-state index is -0.377. The van der Waals surface area contributed by atoms with E-state index in [1.807, 2.05) is 13.8 Å². The van der Waals surface area contributed by atoms with E-state index in [2.05, 4.69) is 22.1 Å². The number of benzene rings is 1. The summed E-state index contributed by atoms with van der Waals surface area (Å²) in [5.74, 6) is -0.754. The molecule has 7 heteroatoms. The molecule has 1 aromatic heterocycles. The zero-order valence-corrected chi connectivity index (χ0v) is 14.9. The fraction of sp³-hybridized carbons (Fsp3) is 0.316. The van der Waals surface area contributed by atoms with Crippen molar-refractivity contribution in [2.75, 3.05) is 11.9 Å². The SMILES string of the molecule is C=CC(=O)Nc1ccc(O)c(C(=O)N2CCCC2c2c(C)n[nH]c2C)c1. The van der Waals surface area contributed by atoms with Gasteiger partial charge in [-0.15, -0.1) is 0 Å². The highest BCUT2D eigenvalue weighted by Gasteiger charge is 2.34. The quantitative estimate of drug-likeness (QED) is 0.581.